The van der Waals surface area contributed by atoms with Crippen LogP contribution in [-0.4, -0.2) is 51.3 Å². The fraction of sp³-hybridized carbons (Fsp3) is 0.300. The van der Waals surface area contributed by atoms with Crippen molar-refractivity contribution < 1.29 is 22.7 Å². The quantitative estimate of drug-likeness (QED) is 0.747. The van der Waals surface area contributed by atoms with Crippen LogP contribution in [-0.2, 0) is 26.0 Å². The number of rotatable bonds is 6. The van der Waals surface area contributed by atoms with Gasteiger partial charge in [0.25, 0.3) is 10.0 Å². The van der Waals surface area contributed by atoms with E-state index in [0.717, 1.165) is 5.56 Å². The van der Waals surface area contributed by atoms with Crippen LogP contribution in [0.1, 0.15) is 22.8 Å². The average molecular weight is 402 g/mol. The molecule has 7 nitrogen and oxygen atoms in total. The molecule has 0 aliphatic carbocycles. The molecule has 148 valence electrons. The summed E-state index contributed by atoms with van der Waals surface area (Å²) in [5.41, 5.74) is 1.66. The maximum Gasteiger partial charge on any atom is 0.261 e. The lowest BCUT2D eigenvalue weighted by Crippen LogP contribution is -2.41. The molecule has 1 aliphatic heterocycles. The number of hydrogen-bond acceptors (Lipinski definition) is 5. The van der Waals surface area contributed by atoms with Crippen LogP contribution in [0.3, 0.4) is 0 Å². The number of sulfonamides is 1. The van der Waals surface area contributed by atoms with Crippen LogP contribution in [0.2, 0.25) is 0 Å². The van der Waals surface area contributed by atoms with Gasteiger partial charge in [-0.1, -0.05) is 24.3 Å². The van der Waals surface area contributed by atoms with E-state index in [1.54, 1.807) is 29.2 Å². The molecular weight excluding hydrogens is 380 g/mol. The molecule has 0 aromatic heterocycles. The summed E-state index contributed by atoms with van der Waals surface area (Å²) in [7, 11) is -3.76. The molecule has 0 unspecified atom stereocenters. The van der Waals surface area contributed by atoms with Crippen molar-refractivity contribution in [3.05, 3.63) is 59.7 Å². The largest absolute Gasteiger partial charge is 0.378 e. The highest BCUT2D eigenvalue weighted by atomic mass is 32.2. The Balaban J connectivity index is 1.64. The average Bonchev–Trinajstić information content (AvgIpc) is 2.70. The molecule has 1 N–H and O–H groups in total. The Morgan fingerprint density at radius 1 is 1.00 bits per heavy atom. The zero-order valence-electron chi connectivity index (χ0n) is 15.6. The van der Waals surface area contributed by atoms with Gasteiger partial charge in [0.1, 0.15) is 0 Å². The fourth-order valence-corrected chi connectivity index (χ4v) is 3.93. The fourth-order valence-electron chi connectivity index (χ4n) is 2.87. The van der Waals surface area contributed by atoms with Crippen LogP contribution < -0.4 is 4.72 Å². The third-order valence-corrected chi connectivity index (χ3v) is 5.89. The number of amides is 1. The number of carbonyl (C=O) groups excluding carboxylic acids is 2. The molecule has 2 aromatic rings. The van der Waals surface area contributed by atoms with E-state index >= 15 is 0 Å². The molecule has 1 amide bonds. The highest BCUT2D eigenvalue weighted by Crippen LogP contribution is 2.18. The number of nitrogens with one attached hydrogen (secondary N) is 1. The molecule has 0 spiro atoms. The van der Waals surface area contributed by atoms with Gasteiger partial charge in [-0.25, -0.2) is 8.42 Å². The van der Waals surface area contributed by atoms with E-state index in [9.17, 15) is 18.0 Å². The maximum absolute atomic E-state index is 12.5. The summed E-state index contributed by atoms with van der Waals surface area (Å²) in [6.07, 6.45) is 0.263. The minimum atomic E-state index is -3.76. The number of hydrogen-bond donors (Lipinski definition) is 1. The van der Waals surface area contributed by atoms with Gasteiger partial charge in [-0.3, -0.25) is 14.3 Å². The van der Waals surface area contributed by atoms with Gasteiger partial charge >= 0.3 is 0 Å². The maximum atomic E-state index is 12.5. The SMILES string of the molecule is CC(=O)c1ccc(S(=O)(=O)Nc2ccc(CC(=O)N3CCOCC3)cc2)cc1. The number of anilines is 1. The zero-order chi connectivity index (χ0) is 20.1. The van der Waals surface area contributed by atoms with Gasteiger partial charge in [0.15, 0.2) is 5.78 Å². The van der Waals surface area contributed by atoms with E-state index in [2.05, 4.69) is 4.72 Å². The first-order valence-corrected chi connectivity index (χ1v) is 10.4. The Kier molecular flexibility index (Phi) is 6.11. The third kappa shape index (κ3) is 4.96. The first-order chi connectivity index (χ1) is 13.3. The second kappa shape index (κ2) is 8.53. The summed E-state index contributed by atoms with van der Waals surface area (Å²) in [4.78, 5) is 25.4. The standard InChI is InChI=1S/C20H22N2O5S/c1-15(23)17-4-8-19(9-5-17)28(25,26)21-18-6-2-16(3-7-18)14-20(24)22-10-12-27-13-11-22/h2-9,21H,10-14H2,1H3. The smallest absolute Gasteiger partial charge is 0.261 e. The molecule has 3 rings (SSSR count). The number of benzene rings is 2. The van der Waals surface area contributed by atoms with Crippen LogP contribution in [0.15, 0.2) is 53.4 Å². The molecule has 8 heteroatoms. The number of ketones is 1. The monoisotopic (exact) mass is 402 g/mol. The van der Waals surface area contributed by atoms with Gasteiger partial charge in [0.05, 0.1) is 24.5 Å². The Labute approximate surface area is 164 Å². The van der Waals surface area contributed by atoms with E-state index < -0.39 is 10.0 Å². The number of Topliss-reactive ketones (excluding diaryl/α,β-unsaturated/α-hetero) is 1. The molecule has 2 aromatic carbocycles. The Morgan fingerprint density at radius 2 is 1.61 bits per heavy atom. The van der Waals surface area contributed by atoms with Gasteiger partial charge in [-0.2, -0.15) is 0 Å². The predicted molar refractivity (Wildman–Crippen MR) is 105 cm³/mol. The van der Waals surface area contributed by atoms with E-state index in [0.29, 0.717) is 37.6 Å². The second-order valence-electron chi connectivity index (χ2n) is 6.55. The van der Waals surface area contributed by atoms with Gasteiger partial charge in [0, 0.05) is 24.3 Å². The van der Waals surface area contributed by atoms with Gasteiger partial charge < -0.3 is 9.64 Å². The Hall–Kier alpha value is -2.71. The highest BCUT2D eigenvalue weighted by molar-refractivity contribution is 7.92. The number of nitrogens with zero attached hydrogens (tertiary/aromatic N) is 1. The molecule has 28 heavy (non-hydrogen) atoms. The number of morpholine rings is 1. The summed E-state index contributed by atoms with van der Waals surface area (Å²) in [6, 6.07) is 12.5. The lowest BCUT2D eigenvalue weighted by Gasteiger charge is -2.26. The van der Waals surface area contributed by atoms with Crippen LogP contribution >= 0.6 is 0 Å². The van der Waals surface area contributed by atoms with Crippen molar-refractivity contribution in [3.8, 4) is 0 Å². The second-order valence-corrected chi connectivity index (χ2v) is 8.24. The Morgan fingerprint density at radius 3 is 2.18 bits per heavy atom. The third-order valence-electron chi connectivity index (χ3n) is 4.50. The van der Waals surface area contributed by atoms with E-state index in [1.165, 1.54) is 31.2 Å². The van der Waals surface area contributed by atoms with Crippen LogP contribution in [0.5, 0.6) is 0 Å². The van der Waals surface area contributed by atoms with Crippen molar-refractivity contribution in [1.29, 1.82) is 0 Å². The summed E-state index contributed by atoms with van der Waals surface area (Å²) < 4.78 is 32.7. The first-order valence-electron chi connectivity index (χ1n) is 8.93. The van der Waals surface area contributed by atoms with Crippen molar-refractivity contribution in [3.63, 3.8) is 0 Å². The summed E-state index contributed by atoms with van der Waals surface area (Å²) in [6.45, 7) is 3.73. The zero-order valence-corrected chi connectivity index (χ0v) is 16.4. The first kappa shape index (κ1) is 20.0. The number of carbonyl (C=O) groups is 2. The summed E-state index contributed by atoms with van der Waals surface area (Å²) in [5, 5.41) is 0. The molecule has 1 aliphatic rings. The van der Waals surface area contributed by atoms with Gasteiger partial charge in [-0.05, 0) is 36.8 Å². The van der Waals surface area contributed by atoms with E-state index in [1.807, 2.05) is 0 Å². The van der Waals surface area contributed by atoms with Crippen molar-refractivity contribution in [2.75, 3.05) is 31.0 Å². The minimum Gasteiger partial charge on any atom is -0.378 e. The van der Waals surface area contributed by atoms with Gasteiger partial charge in [0.2, 0.25) is 5.91 Å². The lowest BCUT2D eigenvalue weighted by atomic mass is 10.1. The van der Waals surface area contributed by atoms with Gasteiger partial charge in [-0.15, -0.1) is 0 Å². The normalized spacial score (nSPS) is 14.5. The summed E-state index contributed by atoms with van der Waals surface area (Å²) in [5.74, 6) is -0.0960. The molecule has 0 bridgehead atoms. The van der Waals surface area contributed by atoms with Crippen molar-refractivity contribution in [2.45, 2.75) is 18.2 Å². The molecule has 1 saturated heterocycles. The van der Waals surface area contributed by atoms with E-state index in [4.69, 9.17) is 4.74 Å². The molecule has 1 heterocycles. The minimum absolute atomic E-state index is 0.0298. The van der Waals surface area contributed by atoms with Crippen LogP contribution in [0, 0.1) is 0 Å². The predicted octanol–water partition coefficient (Wildman–Crippen LogP) is 2.09. The van der Waals surface area contributed by atoms with E-state index in [-0.39, 0.29) is 23.0 Å². The molecule has 0 saturated carbocycles. The van der Waals surface area contributed by atoms with Crippen LogP contribution in [0.25, 0.3) is 0 Å². The van der Waals surface area contributed by atoms with Crippen molar-refractivity contribution in [1.82, 2.24) is 4.90 Å². The molecule has 0 radical (unpaired) electrons. The molecule has 0 atom stereocenters. The molecule has 1 fully saturated rings. The Bertz CT molecular complexity index is 947. The highest BCUT2D eigenvalue weighted by Gasteiger charge is 2.18. The lowest BCUT2D eigenvalue weighted by molar-refractivity contribution is -0.134. The molecular formula is C20H22N2O5S. The summed E-state index contributed by atoms with van der Waals surface area (Å²) >= 11 is 0. The number of ether oxygens (including phenoxy) is 1. The topological polar surface area (TPSA) is 92.8 Å². The van der Waals surface area contributed by atoms with Crippen molar-refractivity contribution in [2.24, 2.45) is 0 Å². The van der Waals surface area contributed by atoms with Crippen LogP contribution in [0.4, 0.5) is 5.69 Å². The van der Waals surface area contributed by atoms with Crippen molar-refractivity contribution >= 4 is 27.4 Å².